The predicted molar refractivity (Wildman–Crippen MR) is 82.1 cm³/mol. The Bertz CT molecular complexity index is 758. The number of halogens is 1. The summed E-state index contributed by atoms with van der Waals surface area (Å²) >= 11 is 2.12. The van der Waals surface area contributed by atoms with Crippen molar-refractivity contribution in [1.82, 2.24) is 4.57 Å². The van der Waals surface area contributed by atoms with E-state index in [1.54, 1.807) is 26.0 Å². The molecule has 2 aromatic rings. The molecule has 1 heterocycles. The minimum Gasteiger partial charge on any atom is -0.408 e. The van der Waals surface area contributed by atoms with Crippen LogP contribution in [0.25, 0.3) is 11.1 Å². The van der Waals surface area contributed by atoms with Crippen molar-refractivity contribution in [1.29, 1.82) is 0 Å². The zero-order valence-electron chi connectivity index (χ0n) is 10.6. The van der Waals surface area contributed by atoms with E-state index < -0.39 is 20.8 Å². The number of sulfone groups is 1. The number of aromatic nitrogens is 1. The van der Waals surface area contributed by atoms with Gasteiger partial charge in [-0.15, -0.1) is 0 Å². The molecule has 0 aliphatic carbocycles. The summed E-state index contributed by atoms with van der Waals surface area (Å²) in [5.74, 6) is -0.582. The first kappa shape index (κ1) is 14.6. The van der Waals surface area contributed by atoms with Gasteiger partial charge in [-0.3, -0.25) is 4.57 Å². The van der Waals surface area contributed by atoms with Crippen LogP contribution >= 0.6 is 22.6 Å². The molecular weight excluding hydrogens is 381 g/mol. The maximum atomic E-state index is 11.8. The molecule has 104 valence electrons. The van der Waals surface area contributed by atoms with Crippen LogP contribution in [-0.2, 0) is 16.4 Å². The van der Waals surface area contributed by atoms with Crippen LogP contribution in [0.4, 0.5) is 0 Å². The number of fused-ring (bicyclic) bond motifs is 1. The van der Waals surface area contributed by atoms with Crippen molar-refractivity contribution < 1.29 is 12.8 Å². The lowest BCUT2D eigenvalue weighted by molar-refractivity contribution is 0.510. The second kappa shape index (κ2) is 5.28. The molecule has 7 heteroatoms. The highest BCUT2D eigenvalue weighted by atomic mass is 127. The fourth-order valence-corrected chi connectivity index (χ4v) is 3.08. The Hall–Kier alpha value is -0.830. The third-order valence-electron chi connectivity index (χ3n) is 2.95. The lowest BCUT2D eigenvalue weighted by Gasteiger charge is -2.07. The number of rotatable bonds is 4. The van der Waals surface area contributed by atoms with E-state index in [-0.39, 0.29) is 12.3 Å². The maximum Gasteiger partial charge on any atom is 0.419 e. The quantitative estimate of drug-likeness (QED) is 0.743. The predicted octanol–water partition coefficient (Wildman–Crippen LogP) is 2.02. The minimum atomic E-state index is -3.17. The van der Waals surface area contributed by atoms with E-state index in [1.165, 1.54) is 4.57 Å². The topological polar surface area (TPSA) is 69.3 Å². The molecule has 0 aliphatic heterocycles. The molecule has 0 radical (unpaired) electrons. The summed E-state index contributed by atoms with van der Waals surface area (Å²) in [6, 6.07) is 5.38. The first-order valence-corrected chi connectivity index (χ1v) is 8.61. The van der Waals surface area contributed by atoms with Gasteiger partial charge < -0.3 is 4.42 Å². The smallest absolute Gasteiger partial charge is 0.408 e. The average molecular weight is 395 g/mol. The maximum absolute atomic E-state index is 11.8. The number of oxazole rings is 1. The van der Waals surface area contributed by atoms with Crippen molar-refractivity contribution in [2.45, 2.75) is 25.6 Å². The SMILES string of the molecule is CC(C)S(=O)(=O)CCn1c(=O)oc2cc(I)ccc21. The van der Waals surface area contributed by atoms with Crippen molar-refractivity contribution in [3.8, 4) is 0 Å². The van der Waals surface area contributed by atoms with Crippen molar-refractivity contribution >= 4 is 43.5 Å². The largest absolute Gasteiger partial charge is 0.419 e. The van der Waals surface area contributed by atoms with Crippen molar-refractivity contribution in [2.24, 2.45) is 0 Å². The van der Waals surface area contributed by atoms with Crippen LogP contribution in [0.5, 0.6) is 0 Å². The van der Waals surface area contributed by atoms with Crippen LogP contribution in [0, 0.1) is 3.57 Å². The van der Waals surface area contributed by atoms with Gasteiger partial charge in [0, 0.05) is 10.1 Å². The zero-order valence-corrected chi connectivity index (χ0v) is 13.6. The fraction of sp³-hybridized carbons (Fsp3) is 0.417. The Morgan fingerprint density at radius 2 is 2.05 bits per heavy atom. The van der Waals surface area contributed by atoms with Gasteiger partial charge in [0.1, 0.15) is 0 Å². The molecule has 0 aliphatic rings. The summed E-state index contributed by atoms with van der Waals surface area (Å²) in [4.78, 5) is 11.7. The molecule has 19 heavy (non-hydrogen) atoms. The molecule has 0 atom stereocenters. The molecule has 0 spiro atoms. The highest BCUT2D eigenvalue weighted by molar-refractivity contribution is 14.1. The van der Waals surface area contributed by atoms with Crippen molar-refractivity contribution in [3.63, 3.8) is 0 Å². The van der Waals surface area contributed by atoms with Gasteiger partial charge in [-0.25, -0.2) is 13.2 Å². The van der Waals surface area contributed by atoms with Crippen LogP contribution in [0.3, 0.4) is 0 Å². The molecule has 0 unspecified atom stereocenters. The molecule has 0 saturated heterocycles. The number of benzene rings is 1. The fourth-order valence-electron chi connectivity index (χ4n) is 1.71. The van der Waals surface area contributed by atoms with Gasteiger partial charge in [0.15, 0.2) is 15.4 Å². The number of aryl methyl sites for hydroxylation is 1. The molecule has 0 amide bonds. The van der Waals surface area contributed by atoms with E-state index in [9.17, 15) is 13.2 Å². The second-order valence-corrected chi connectivity index (χ2v) is 8.47. The van der Waals surface area contributed by atoms with E-state index in [0.717, 1.165) is 3.57 Å². The van der Waals surface area contributed by atoms with E-state index in [4.69, 9.17) is 4.42 Å². The number of hydrogen-bond donors (Lipinski definition) is 0. The molecule has 0 N–H and O–H groups in total. The standard InChI is InChI=1S/C12H14INO4S/c1-8(2)19(16,17)6-5-14-10-4-3-9(13)7-11(10)18-12(14)15/h3-4,7-8H,5-6H2,1-2H3. The Morgan fingerprint density at radius 1 is 1.37 bits per heavy atom. The lowest BCUT2D eigenvalue weighted by atomic mass is 10.3. The molecule has 0 saturated carbocycles. The van der Waals surface area contributed by atoms with E-state index >= 15 is 0 Å². The van der Waals surface area contributed by atoms with Crippen LogP contribution in [0.2, 0.25) is 0 Å². The Balaban J connectivity index is 2.36. The summed E-state index contributed by atoms with van der Waals surface area (Å²) in [6.45, 7) is 3.38. The Kier molecular flexibility index (Phi) is 4.05. The van der Waals surface area contributed by atoms with E-state index in [2.05, 4.69) is 22.6 Å². The highest BCUT2D eigenvalue weighted by Crippen LogP contribution is 2.16. The minimum absolute atomic E-state index is 0.0643. The number of nitrogens with zero attached hydrogens (tertiary/aromatic N) is 1. The molecule has 1 aromatic carbocycles. The first-order valence-electron chi connectivity index (χ1n) is 5.82. The van der Waals surface area contributed by atoms with Crippen molar-refractivity contribution in [3.05, 3.63) is 32.3 Å². The molecule has 1 aromatic heterocycles. The first-order chi connectivity index (χ1) is 8.81. The number of hydrogen-bond acceptors (Lipinski definition) is 4. The molecular formula is C12H14INO4S. The summed E-state index contributed by atoms with van der Waals surface area (Å²) in [7, 11) is -3.17. The van der Waals surface area contributed by atoms with Gasteiger partial charge in [0.05, 0.1) is 16.5 Å². The normalized spacial score (nSPS) is 12.4. The van der Waals surface area contributed by atoms with Gasteiger partial charge in [-0.1, -0.05) is 0 Å². The highest BCUT2D eigenvalue weighted by Gasteiger charge is 2.18. The van der Waals surface area contributed by atoms with Crippen molar-refractivity contribution in [2.75, 3.05) is 5.75 Å². The Morgan fingerprint density at radius 3 is 2.68 bits per heavy atom. The molecule has 0 fully saturated rings. The zero-order chi connectivity index (χ0) is 14.2. The van der Waals surface area contributed by atoms with Gasteiger partial charge in [-0.05, 0) is 54.6 Å². The molecule has 0 bridgehead atoms. The summed E-state index contributed by atoms with van der Waals surface area (Å²) in [5.41, 5.74) is 1.11. The second-order valence-electron chi connectivity index (χ2n) is 4.55. The third kappa shape index (κ3) is 3.02. The lowest BCUT2D eigenvalue weighted by Crippen LogP contribution is -2.24. The van der Waals surface area contributed by atoms with Gasteiger partial charge in [0.2, 0.25) is 0 Å². The van der Waals surface area contributed by atoms with E-state index in [0.29, 0.717) is 11.1 Å². The van der Waals surface area contributed by atoms with E-state index in [1.807, 2.05) is 6.07 Å². The molecule has 5 nitrogen and oxygen atoms in total. The summed E-state index contributed by atoms with van der Waals surface area (Å²) in [5, 5.41) is -0.442. The Labute approximate surface area is 124 Å². The van der Waals surface area contributed by atoms with Crippen LogP contribution in [0.15, 0.2) is 27.4 Å². The average Bonchev–Trinajstić information content (AvgIpc) is 2.61. The van der Waals surface area contributed by atoms with Gasteiger partial charge in [0.25, 0.3) is 0 Å². The van der Waals surface area contributed by atoms with Crippen LogP contribution in [0.1, 0.15) is 13.8 Å². The van der Waals surface area contributed by atoms with Gasteiger partial charge in [-0.2, -0.15) is 0 Å². The monoisotopic (exact) mass is 395 g/mol. The summed E-state index contributed by atoms with van der Waals surface area (Å²) < 4.78 is 31.0. The van der Waals surface area contributed by atoms with Crippen LogP contribution < -0.4 is 5.76 Å². The summed E-state index contributed by atoms with van der Waals surface area (Å²) in [6.07, 6.45) is 0. The molecule has 2 rings (SSSR count). The third-order valence-corrected chi connectivity index (χ3v) is 5.81. The van der Waals surface area contributed by atoms with Crippen LogP contribution in [-0.4, -0.2) is 24.0 Å². The van der Waals surface area contributed by atoms with Gasteiger partial charge >= 0.3 is 5.76 Å².